The minimum absolute atomic E-state index is 0.202. The summed E-state index contributed by atoms with van der Waals surface area (Å²) in [7, 11) is 4.11. The number of allylic oxidation sites excluding steroid dienone is 2. The number of nitrogens with zero attached hydrogens (tertiary/aromatic N) is 3. The van der Waals surface area contributed by atoms with Gasteiger partial charge in [-0.3, -0.25) is 4.79 Å². The molecule has 1 heterocycles. The molecule has 2 aliphatic rings. The van der Waals surface area contributed by atoms with Crippen LogP contribution in [0.4, 0.5) is 11.5 Å². The van der Waals surface area contributed by atoms with Crippen molar-refractivity contribution in [3.05, 3.63) is 95.7 Å². The summed E-state index contributed by atoms with van der Waals surface area (Å²) in [5.74, 6) is 0.595. The van der Waals surface area contributed by atoms with Crippen molar-refractivity contribution in [3.63, 3.8) is 0 Å². The van der Waals surface area contributed by atoms with Crippen LogP contribution in [0.2, 0.25) is 0 Å². The van der Waals surface area contributed by atoms with Gasteiger partial charge in [0.1, 0.15) is 0 Å². The first-order valence-corrected chi connectivity index (χ1v) is 11.6. The zero-order valence-electron chi connectivity index (χ0n) is 19.3. The highest BCUT2D eigenvalue weighted by atomic mass is 16.2. The van der Waals surface area contributed by atoms with Crippen LogP contribution in [-0.4, -0.2) is 35.8 Å². The van der Waals surface area contributed by atoms with Gasteiger partial charge in [-0.05, 0) is 48.6 Å². The summed E-state index contributed by atoms with van der Waals surface area (Å²) in [6, 6.07) is 19.6. The molecule has 2 aromatic carbocycles. The van der Waals surface area contributed by atoms with Crippen LogP contribution in [0.25, 0.3) is 6.08 Å². The molecule has 0 aliphatic heterocycles. The number of benzene rings is 2. The number of fused-ring (bicyclic) bond motifs is 1. The average Bonchev–Trinajstić information content (AvgIpc) is 3.18. The molecule has 1 fully saturated rings. The fourth-order valence-corrected chi connectivity index (χ4v) is 4.84. The second-order valence-electron chi connectivity index (χ2n) is 9.23. The summed E-state index contributed by atoms with van der Waals surface area (Å²) in [6.07, 6.45) is 9.94. The molecular formula is C28H30N4O. The summed E-state index contributed by atoms with van der Waals surface area (Å²) >= 11 is 0. The van der Waals surface area contributed by atoms with Crippen molar-refractivity contribution in [1.29, 1.82) is 0 Å². The van der Waals surface area contributed by atoms with E-state index in [2.05, 4.69) is 91.6 Å². The molecule has 1 N–H and O–H groups in total. The number of carbonyl (C=O) groups is 1. The standard InChI is InChI=1S/C28H30N4O/c1-4-26(33)32-25-19-28(20-10-6-5-7-11-20,21-12-8-15-23(18-21)31(2)3)17-16-24(25)27(30-32)29-22-13-9-14-22/h4-8,10-12,15-18,22H,1,9,13-14,19H2,2-3H3,(H,29,30). The van der Waals surface area contributed by atoms with Gasteiger partial charge in [0.25, 0.3) is 5.91 Å². The van der Waals surface area contributed by atoms with E-state index in [1.807, 2.05) is 6.07 Å². The number of carbonyl (C=O) groups excluding carboxylic acids is 1. The van der Waals surface area contributed by atoms with Gasteiger partial charge in [0.15, 0.2) is 5.82 Å². The molecule has 1 saturated carbocycles. The first kappa shape index (κ1) is 21.3. The third-order valence-corrected chi connectivity index (χ3v) is 7.00. The molecule has 1 aromatic heterocycles. The first-order chi connectivity index (χ1) is 16.0. The van der Waals surface area contributed by atoms with E-state index in [4.69, 9.17) is 5.10 Å². The molecule has 0 spiro atoms. The van der Waals surface area contributed by atoms with Crippen LogP contribution < -0.4 is 10.2 Å². The lowest BCUT2D eigenvalue weighted by Gasteiger charge is -2.35. The van der Waals surface area contributed by atoms with E-state index in [9.17, 15) is 4.79 Å². The highest BCUT2D eigenvalue weighted by Gasteiger charge is 2.39. The SMILES string of the molecule is C=CC(=O)n1nc(NC2CCC2)c2c1CC(c1ccccc1)(c1cccc(N(C)C)c1)C=C2. The zero-order chi connectivity index (χ0) is 23.0. The Hall–Kier alpha value is -3.60. The van der Waals surface area contributed by atoms with Crippen LogP contribution >= 0.6 is 0 Å². The summed E-state index contributed by atoms with van der Waals surface area (Å²) < 4.78 is 1.54. The van der Waals surface area contributed by atoms with Crippen LogP contribution in [0.5, 0.6) is 0 Å². The lowest BCUT2D eigenvalue weighted by atomic mass is 9.68. The van der Waals surface area contributed by atoms with Gasteiger partial charge in [-0.2, -0.15) is 4.68 Å². The third-order valence-electron chi connectivity index (χ3n) is 7.00. The fourth-order valence-electron chi connectivity index (χ4n) is 4.84. The van der Waals surface area contributed by atoms with Gasteiger partial charge >= 0.3 is 0 Å². The Balaban J connectivity index is 1.68. The topological polar surface area (TPSA) is 50.2 Å². The molecule has 0 bridgehead atoms. The lowest BCUT2D eigenvalue weighted by molar-refractivity contribution is 0.0950. The second kappa shape index (κ2) is 8.39. The normalized spacial score (nSPS) is 19.5. The van der Waals surface area contributed by atoms with Crippen molar-refractivity contribution < 1.29 is 4.79 Å². The Morgan fingerprint density at radius 3 is 2.58 bits per heavy atom. The molecule has 1 atom stereocenters. The van der Waals surface area contributed by atoms with Crippen molar-refractivity contribution in [2.24, 2.45) is 0 Å². The smallest absolute Gasteiger partial charge is 0.270 e. The fraction of sp³-hybridized carbons (Fsp3) is 0.286. The van der Waals surface area contributed by atoms with E-state index in [0.717, 1.165) is 35.6 Å². The van der Waals surface area contributed by atoms with Gasteiger partial charge in [0.05, 0.1) is 5.69 Å². The Bertz CT molecular complexity index is 1220. The van der Waals surface area contributed by atoms with Gasteiger partial charge in [0, 0.05) is 43.2 Å². The summed E-state index contributed by atoms with van der Waals surface area (Å²) in [5.41, 5.74) is 5.04. The van der Waals surface area contributed by atoms with Crippen LogP contribution in [0.1, 0.15) is 46.4 Å². The highest BCUT2D eigenvalue weighted by molar-refractivity contribution is 5.91. The van der Waals surface area contributed by atoms with E-state index in [1.165, 1.54) is 23.6 Å². The van der Waals surface area contributed by atoms with E-state index >= 15 is 0 Å². The Labute approximate surface area is 195 Å². The molecule has 0 amide bonds. The van der Waals surface area contributed by atoms with E-state index in [1.54, 1.807) is 4.68 Å². The van der Waals surface area contributed by atoms with Crippen LogP contribution in [0.15, 0.2) is 73.3 Å². The molecule has 5 heteroatoms. The zero-order valence-corrected chi connectivity index (χ0v) is 19.3. The molecular weight excluding hydrogens is 408 g/mol. The minimum Gasteiger partial charge on any atom is -0.378 e. The Morgan fingerprint density at radius 1 is 1.15 bits per heavy atom. The maximum atomic E-state index is 12.8. The molecule has 168 valence electrons. The molecule has 0 saturated heterocycles. The Morgan fingerprint density at radius 2 is 1.91 bits per heavy atom. The number of aromatic nitrogens is 2. The number of anilines is 2. The molecule has 3 aromatic rings. The van der Waals surface area contributed by atoms with Crippen LogP contribution in [-0.2, 0) is 11.8 Å². The summed E-state index contributed by atoms with van der Waals surface area (Å²) in [5, 5.41) is 8.27. The van der Waals surface area contributed by atoms with Crippen LogP contribution in [0, 0.1) is 0 Å². The number of hydrogen-bond acceptors (Lipinski definition) is 4. The molecule has 5 rings (SSSR count). The van der Waals surface area contributed by atoms with Crippen molar-refractivity contribution >= 4 is 23.5 Å². The average molecular weight is 439 g/mol. The lowest BCUT2D eigenvalue weighted by Crippen LogP contribution is -2.32. The molecule has 1 unspecified atom stereocenters. The third kappa shape index (κ3) is 3.67. The molecule has 33 heavy (non-hydrogen) atoms. The van der Waals surface area contributed by atoms with Gasteiger partial charge in [-0.1, -0.05) is 61.2 Å². The van der Waals surface area contributed by atoms with Gasteiger partial charge in [-0.25, -0.2) is 0 Å². The Kier molecular flexibility index (Phi) is 5.41. The molecule has 5 nitrogen and oxygen atoms in total. The van der Waals surface area contributed by atoms with Gasteiger partial charge < -0.3 is 10.2 Å². The maximum absolute atomic E-state index is 12.8. The highest BCUT2D eigenvalue weighted by Crippen LogP contribution is 2.44. The van der Waals surface area contributed by atoms with Gasteiger partial charge in [-0.15, -0.1) is 5.10 Å². The van der Waals surface area contributed by atoms with E-state index in [-0.39, 0.29) is 5.91 Å². The van der Waals surface area contributed by atoms with Crippen molar-refractivity contribution in [2.45, 2.75) is 37.1 Å². The second-order valence-corrected chi connectivity index (χ2v) is 9.23. The number of nitrogens with one attached hydrogen (secondary N) is 1. The minimum atomic E-state index is -0.409. The molecule has 2 aliphatic carbocycles. The maximum Gasteiger partial charge on any atom is 0.270 e. The monoisotopic (exact) mass is 438 g/mol. The quantitative estimate of drug-likeness (QED) is 0.531. The van der Waals surface area contributed by atoms with Crippen LogP contribution in [0.3, 0.4) is 0 Å². The first-order valence-electron chi connectivity index (χ1n) is 11.6. The van der Waals surface area contributed by atoms with Crippen molar-refractivity contribution in [1.82, 2.24) is 9.78 Å². The largest absolute Gasteiger partial charge is 0.378 e. The molecule has 0 radical (unpaired) electrons. The summed E-state index contributed by atoms with van der Waals surface area (Å²) in [4.78, 5) is 14.9. The van der Waals surface area contributed by atoms with Crippen molar-refractivity contribution in [2.75, 3.05) is 24.3 Å². The predicted octanol–water partition coefficient (Wildman–Crippen LogP) is 5.30. The van der Waals surface area contributed by atoms with Gasteiger partial charge in [0.2, 0.25) is 0 Å². The van der Waals surface area contributed by atoms with E-state index in [0.29, 0.717) is 12.5 Å². The number of hydrogen-bond donors (Lipinski definition) is 1. The summed E-state index contributed by atoms with van der Waals surface area (Å²) in [6.45, 7) is 3.71. The van der Waals surface area contributed by atoms with E-state index < -0.39 is 5.41 Å². The number of rotatable bonds is 6. The van der Waals surface area contributed by atoms with Crippen molar-refractivity contribution in [3.8, 4) is 0 Å². The predicted molar refractivity (Wildman–Crippen MR) is 135 cm³/mol.